The van der Waals surface area contributed by atoms with Gasteiger partial charge in [-0.3, -0.25) is 4.98 Å². The van der Waals surface area contributed by atoms with Crippen LogP contribution < -0.4 is 0 Å². The molecular formula is C25H22N2. The van der Waals surface area contributed by atoms with Crippen molar-refractivity contribution in [2.45, 2.75) is 20.3 Å². The Hall–Kier alpha value is -3.44. The zero-order chi connectivity index (χ0) is 19.1. The summed E-state index contributed by atoms with van der Waals surface area (Å²) >= 11 is 0. The maximum atomic E-state index is 9.92. The van der Waals surface area contributed by atoms with Crippen molar-refractivity contribution in [3.63, 3.8) is 0 Å². The summed E-state index contributed by atoms with van der Waals surface area (Å²) in [7, 11) is 0. The molecule has 27 heavy (non-hydrogen) atoms. The average molecular weight is 350 g/mol. The SMILES string of the molecule is C/C=C\C(=C/CC)c1cccc(-c2cccc(-c3ccccn3)c2)c1C#N. The fourth-order valence-electron chi connectivity index (χ4n) is 3.20. The van der Waals surface area contributed by atoms with Gasteiger partial charge < -0.3 is 0 Å². The van der Waals surface area contributed by atoms with Crippen LogP contribution in [0.5, 0.6) is 0 Å². The molecule has 0 saturated carbocycles. The summed E-state index contributed by atoms with van der Waals surface area (Å²) in [5.74, 6) is 0. The summed E-state index contributed by atoms with van der Waals surface area (Å²) in [6.45, 7) is 4.10. The van der Waals surface area contributed by atoms with E-state index in [2.05, 4.69) is 36.2 Å². The normalized spacial score (nSPS) is 11.5. The lowest BCUT2D eigenvalue weighted by Gasteiger charge is -2.12. The van der Waals surface area contributed by atoms with Crippen LogP contribution >= 0.6 is 0 Å². The molecule has 2 heteroatoms. The fraction of sp³-hybridized carbons (Fsp3) is 0.120. The van der Waals surface area contributed by atoms with Gasteiger partial charge in [0.1, 0.15) is 6.07 Å². The molecule has 132 valence electrons. The predicted octanol–water partition coefficient (Wildman–Crippen LogP) is 6.66. The van der Waals surface area contributed by atoms with Crippen molar-refractivity contribution >= 4 is 5.57 Å². The van der Waals surface area contributed by atoms with E-state index in [1.807, 2.05) is 67.6 Å². The minimum atomic E-state index is 0.702. The Kier molecular flexibility index (Phi) is 5.97. The van der Waals surface area contributed by atoms with Gasteiger partial charge in [0.25, 0.3) is 0 Å². The standard InChI is InChI=1S/C25H22N2/c1-3-9-19(10-4-2)22-13-8-14-23(24(22)18-26)20-11-7-12-21(17-20)25-15-5-6-16-27-25/h3,5-17H,4H2,1-2H3/b9-3-,19-10+. The number of hydrogen-bond donors (Lipinski definition) is 0. The molecule has 0 saturated heterocycles. The molecule has 0 radical (unpaired) electrons. The summed E-state index contributed by atoms with van der Waals surface area (Å²) in [4.78, 5) is 4.44. The van der Waals surface area contributed by atoms with Crippen LogP contribution in [0.2, 0.25) is 0 Å². The number of allylic oxidation sites excluding steroid dienone is 4. The third-order valence-electron chi connectivity index (χ3n) is 4.39. The summed E-state index contributed by atoms with van der Waals surface area (Å²) in [6, 6.07) is 22.6. The fourth-order valence-corrected chi connectivity index (χ4v) is 3.20. The maximum absolute atomic E-state index is 9.92. The van der Waals surface area contributed by atoms with E-state index >= 15 is 0 Å². The molecular weight excluding hydrogens is 328 g/mol. The molecule has 0 fully saturated rings. The van der Waals surface area contributed by atoms with Gasteiger partial charge in [-0.25, -0.2) is 0 Å². The first-order valence-electron chi connectivity index (χ1n) is 9.16. The second-order valence-corrected chi connectivity index (χ2v) is 6.20. The third-order valence-corrected chi connectivity index (χ3v) is 4.39. The zero-order valence-electron chi connectivity index (χ0n) is 15.7. The van der Waals surface area contributed by atoms with Crippen LogP contribution in [0.1, 0.15) is 31.4 Å². The van der Waals surface area contributed by atoms with Gasteiger partial charge in [0.15, 0.2) is 0 Å². The van der Waals surface area contributed by atoms with Gasteiger partial charge in [-0.1, -0.05) is 67.6 Å². The quantitative estimate of drug-likeness (QED) is 0.483. The molecule has 0 unspecified atom stereocenters. The largest absolute Gasteiger partial charge is 0.256 e. The lowest BCUT2D eigenvalue weighted by Crippen LogP contribution is -1.93. The van der Waals surface area contributed by atoms with Crippen LogP contribution in [0, 0.1) is 11.3 Å². The third kappa shape index (κ3) is 4.04. The van der Waals surface area contributed by atoms with E-state index in [0.717, 1.165) is 39.9 Å². The van der Waals surface area contributed by atoms with Crippen LogP contribution in [0.25, 0.3) is 28.0 Å². The second kappa shape index (κ2) is 8.78. The maximum Gasteiger partial charge on any atom is 0.100 e. The second-order valence-electron chi connectivity index (χ2n) is 6.20. The van der Waals surface area contributed by atoms with Crippen LogP contribution in [-0.4, -0.2) is 4.98 Å². The monoisotopic (exact) mass is 350 g/mol. The van der Waals surface area contributed by atoms with Crippen molar-refractivity contribution in [1.82, 2.24) is 4.98 Å². The van der Waals surface area contributed by atoms with E-state index in [9.17, 15) is 5.26 Å². The molecule has 0 N–H and O–H groups in total. The highest BCUT2D eigenvalue weighted by Gasteiger charge is 2.12. The smallest absolute Gasteiger partial charge is 0.100 e. The van der Waals surface area contributed by atoms with Gasteiger partial charge in [-0.05, 0) is 48.2 Å². The number of pyridine rings is 1. The number of benzene rings is 2. The van der Waals surface area contributed by atoms with Crippen molar-refractivity contribution in [2.24, 2.45) is 0 Å². The molecule has 2 nitrogen and oxygen atoms in total. The molecule has 0 bridgehead atoms. The molecule has 0 aliphatic carbocycles. The average Bonchev–Trinajstić information content (AvgIpc) is 2.73. The number of aromatic nitrogens is 1. The topological polar surface area (TPSA) is 36.7 Å². The summed E-state index contributed by atoms with van der Waals surface area (Å²) < 4.78 is 0. The first-order chi connectivity index (χ1) is 13.3. The Bertz CT molecular complexity index is 1020. The summed E-state index contributed by atoms with van der Waals surface area (Å²) in [5.41, 5.74) is 6.69. The lowest BCUT2D eigenvalue weighted by molar-refractivity contribution is 1.23. The molecule has 1 heterocycles. The van der Waals surface area contributed by atoms with Gasteiger partial charge in [-0.2, -0.15) is 5.26 Å². The number of rotatable bonds is 5. The van der Waals surface area contributed by atoms with E-state index in [4.69, 9.17) is 0 Å². The van der Waals surface area contributed by atoms with E-state index < -0.39 is 0 Å². The van der Waals surface area contributed by atoms with Gasteiger partial charge >= 0.3 is 0 Å². The molecule has 0 spiro atoms. The molecule has 3 aromatic rings. The minimum absolute atomic E-state index is 0.702. The zero-order valence-corrected chi connectivity index (χ0v) is 15.7. The first-order valence-corrected chi connectivity index (χ1v) is 9.16. The highest BCUT2D eigenvalue weighted by Crippen LogP contribution is 2.32. The summed E-state index contributed by atoms with van der Waals surface area (Å²) in [5, 5.41) is 9.92. The van der Waals surface area contributed by atoms with Crippen molar-refractivity contribution < 1.29 is 0 Å². The Labute approximate surface area is 161 Å². The highest BCUT2D eigenvalue weighted by molar-refractivity contribution is 5.85. The number of nitrogens with zero attached hydrogens (tertiary/aromatic N) is 2. The van der Waals surface area contributed by atoms with Gasteiger partial charge in [-0.15, -0.1) is 0 Å². The first kappa shape index (κ1) is 18.4. The minimum Gasteiger partial charge on any atom is -0.256 e. The van der Waals surface area contributed by atoms with E-state index in [1.54, 1.807) is 6.20 Å². The van der Waals surface area contributed by atoms with Crippen molar-refractivity contribution in [1.29, 1.82) is 5.26 Å². The molecule has 0 aliphatic heterocycles. The van der Waals surface area contributed by atoms with Crippen LogP contribution in [-0.2, 0) is 0 Å². The molecule has 0 atom stereocenters. The molecule has 3 rings (SSSR count). The van der Waals surface area contributed by atoms with Gasteiger partial charge in [0.2, 0.25) is 0 Å². The van der Waals surface area contributed by atoms with Crippen LogP contribution in [0.15, 0.2) is 85.1 Å². The van der Waals surface area contributed by atoms with E-state index in [0.29, 0.717) is 5.56 Å². The van der Waals surface area contributed by atoms with Gasteiger partial charge in [0, 0.05) is 17.3 Å². The van der Waals surface area contributed by atoms with Crippen molar-refractivity contribution in [3.05, 3.63) is 96.2 Å². The Morgan fingerprint density at radius 1 is 1.04 bits per heavy atom. The van der Waals surface area contributed by atoms with E-state index in [-0.39, 0.29) is 0 Å². The lowest BCUT2D eigenvalue weighted by atomic mass is 9.91. The van der Waals surface area contributed by atoms with Crippen molar-refractivity contribution in [2.75, 3.05) is 0 Å². The van der Waals surface area contributed by atoms with E-state index in [1.165, 1.54) is 0 Å². The molecule has 1 aromatic heterocycles. The Morgan fingerprint density at radius 2 is 1.85 bits per heavy atom. The molecule has 0 aliphatic rings. The summed E-state index contributed by atoms with van der Waals surface area (Å²) in [6.07, 6.45) is 8.95. The van der Waals surface area contributed by atoms with Crippen LogP contribution in [0.3, 0.4) is 0 Å². The number of hydrogen-bond acceptors (Lipinski definition) is 2. The Morgan fingerprint density at radius 3 is 2.56 bits per heavy atom. The molecule has 0 amide bonds. The van der Waals surface area contributed by atoms with Crippen molar-refractivity contribution in [3.8, 4) is 28.5 Å². The van der Waals surface area contributed by atoms with Crippen LogP contribution in [0.4, 0.5) is 0 Å². The molecule has 2 aromatic carbocycles. The number of nitriles is 1. The highest BCUT2D eigenvalue weighted by atomic mass is 14.7. The Balaban J connectivity index is 2.15. The van der Waals surface area contributed by atoms with Gasteiger partial charge in [0.05, 0.1) is 11.3 Å². The predicted molar refractivity (Wildman–Crippen MR) is 113 cm³/mol.